The van der Waals surface area contributed by atoms with E-state index in [-0.39, 0.29) is 5.41 Å². The van der Waals surface area contributed by atoms with Crippen LogP contribution in [0.5, 0.6) is 0 Å². The van der Waals surface area contributed by atoms with Crippen molar-refractivity contribution in [3.05, 3.63) is 163 Å². The molecular formula is C51H44N4. The molecule has 55 heavy (non-hydrogen) atoms. The van der Waals surface area contributed by atoms with Gasteiger partial charge in [-0.25, -0.2) is 15.0 Å². The van der Waals surface area contributed by atoms with Gasteiger partial charge in [0.05, 0.1) is 5.56 Å². The highest BCUT2D eigenvalue weighted by molar-refractivity contribution is 5.87. The van der Waals surface area contributed by atoms with Crippen molar-refractivity contribution in [1.82, 2.24) is 15.0 Å². The highest BCUT2D eigenvalue weighted by Gasteiger charge is 2.45. The van der Waals surface area contributed by atoms with E-state index in [0.717, 1.165) is 67.8 Å². The van der Waals surface area contributed by atoms with Crippen LogP contribution < -0.4 is 0 Å². The van der Waals surface area contributed by atoms with Crippen LogP contribution in [-0.4, -0.2) is 15.0 Å². The third-order valence-electron chi connectivity index (χ3n) is 11.9. The summed E-state index contributed by atoms with van der Waals surface area (Å²) < 4.78 is 0. The predicted molar refractivity (Wildman–Crippen MR) is 224 cm³/mol. The Morgan fingerprint density at radius 1 is 0.473 bits per heavy atom. The minimum Gasteiger partial charge on any atom is -0.208 e. The molecule has 1 unspecified atom stereocenters. The number of hydrogen-bond donors (Lipinski definition) is 0. The Hall–Kier alpha value is -6.18. The quantitative estimate of drug-likeness (QED) is 0.165. The van der Waals surface area contributed by atoms with E-state index in [1.165, 1.54) is 37.7 Å². The molecule has 0 radical (unpaired) electrons. The second kappa shape index (κ2) is 14.6. The van der Waals surface area contributed by atoms with Crippen LogP contribution in [0.4, 0.5) is 0 Å². The molecule has 2 aliphatic carbocycles. The number of hydrogen-bond acceptors (Lipinski definition) is 4. The molecule has 1 aromatic heterocycles. The Balaban J connectivity index is 1.20. The van der Waals surface area contributed by atoms with Gasteiger partial charge in [-0.2, -0.15) is 5.26 Å². The number of benzene rings is 6. The average Bonchev–Trinajstić information content (AvgIpc) is 3.23. The lowest BCUT2D eigenvalue weighted by Crippen LogP contribution is -2.42. The molecule has 2 fully saturated rings. The van der Waals surface area contributed by atoms with Crippen LogP contribution in [0.25, 0.3) is 67.5 Å². The normalized spacial score (nSPS) is 20.4. The third-order valence-corrected chi connectivity index (χ3v) is 11.9. The van der Waals surface area contributed by atoms with Crippen LogP contribution in [0.15, 0.2) is 152 Å². The van der Waals surface area contributed by atoms with Gasteiger partial charge in [0.2, 0.25) is 0 Å². The molecule has 2 aliphatic rings. The number of aromatic nitrogens is 3. The Kier molecular flexibility index (Phi) is 9.16. The fraction of sp³-hybridized carbons (Fsp3) is 0.216. The van der Waals surface area contributed by atoms with Gasteiger partial charge in [-0.15, -0.1) is 0 Å². The van der Waals surface area contributed by atoms with Crippen LogP contribution >= 0.6 is 0 Å². The molecule has 9 rings (SSSR count). The van der Waals surface area contributed by atoms with E-state index < -0.39 is 0 Å². The van der Waals surface area contributed by atoms with E-state index in [4.69, 9.17) is 15.0 Å². The van der Waals surface area contributed by atoms with Crippen molar-refractivity contribution in [3.63, 3.8) is 0 Å². The zero-order chi connectivity index (χ0) is 37.4. The molecular weight excluding hydrogens is 669 g/mol. The van der Waals surface area contributed by atoms with Gasteiger partial charge >= 0.3 is 0 Å². The van der Waals surface area contributed by atoms with Gasteiger partial charge in [0.15, 0.2) is 17.5 Å². The number of fused-ring (bicyclic) bond motifs is 2. The monoisotopic (exact) mass is 712 g/mol. The minimum atomic E-state index is 0.237. The van der Waals surface area contributed by atoms with E-state index in [0.29, 0.717) is 23.0 Å². The molecule has 0 N–H and O–H groups in total. The number of rotatable bonds is 7. The summed E-state index contributed by atoms with van der Waals surface area (Å²) in [6.07, 6.45) is 6.51. The van der Waals surface area contributed by atoms with Crippen molar-refractivity contribution in [2.75, 3.05) is 0 Å². The molecule has 0 amide bonds. The van der Waals surface area contributed by atoms with Crippen LogP contribution in [0.3, 0.4) is 0 Å². The van der Waals surface area contributed by atoms with Gasteiger partial charge < -0.3 is 0 Å². The fourth-order valence-electron chi connectivity index (χ4n) is 9.84. The summed E-state index contributed by atoms with van der Waals surface area (Å²) in [4.78, 5) is 15.3. The first kappa shape index (κ1) is 34.6. The summed E-state index contributed by atoms with van der Waals surface area (Å²) in [6, 6.07) is 55.0. The van der Waals surface area contributed by atoms with Crippen LogP contribution in [0, 0.1) is 29.1 Å². The number of nitrogens with zero attached hydrogens (tertiary/aromatic N) is 4. The molecule has 4 atom stereocenters. The van der Waals surface area contributed by atoms with Crippen LogP contribution in [-0.2, 0) is 5.41 Å². The predicted octanol–water partition coefficient (Wildman–Crippen LogP) is 12.8. The van der Waals surface area contributed by atoms with Crippen molar-refractivity contribution < 1.29 is 0 Å². The van der Waals surface area contributed by atoms with Gasteiger partial charge in [-0.3, -0.25) is 0 Å². The molecule has 0 saturated heterocycles. The minimum absolute atomic E-state index is 0.237. The van der Waals surface area contributed by atoms with E-state index in [1.807, 2.05) is 54.6 Å². The molecule has 4 nitrogen and oxygen atoms in total. The maximum Gasteiger partial charge on any atom is 0.164 e. The van der Waals surface area contributed by atoms with Crippen molar-refractivity contribution in [1.29, 1.82) is 5.26 Å². The van der Waals surface area contributed by atoms with Crippen molar-refractivity contribution >= 4 is 0 Å². The first-order chi connectivity index (χ1) is 26.9. The lowest BCUT2D eigenvalue weighted by molar-refractivity contribution is 0.0780. The first-order valence-electron chi connectivity index (χ1n) is 19.7. The Bertz CT molecular complexity index is 2480. The molecule has 4 heteroatoms. The lowest BCUT2D eigenvalue weighted by atomic mass is 9.54. The Labute approximate surface area is 324 Å². The zero-order valence-corrected chi connectivity index (χ0v) is 31.5. The molecule has 0 aliphatic heterocycles. The second-order valence-electron chi connectivity index (χ2n) is 16.1. The maximum absolute atomic E-state index is 10.8. The van der Waals surface area contributed by atoms with E-state index >= 15 is 0 Å². The third kappa shape index (κ3) is 6.88. The summed E-state index contributed by atoms with van der Waals surface area (Å²) in [5.41, 5.74) is 10.9. The van der Waals surface area contributed by atoms with Gasteiger partial charge in [0.25, 0.3) is 0 Å². The van der Waals surface area contributed by atoms with Crippen molar-refractivity contribution in [2.24, 2.45) is 17.8 Å². The lowest BCUT2D eigenvalue weighted by Gasteiger charge is -2.50. The Morgan fingerprint density at radius 3 is 1.53 bits per heavy atom. The topological polar surface area (TPSA) is 62.5 Å². The second-order valence-corrected chi connectivity index (χ2v) is 16.1. The van der Waals surface area contributed by atoms with Crippen LogP contribution in [0.2, 0.25) is 0 Å². The Morgan fingerprint density at radius 2 is 0.945 bits per heavy atom. The molecule has 0 spiro atoms. The summed E-state index contributed by atoms with van der Waals surface area (Å²) in [7, 11) is 0. The van der Waals surface area contributed by atoms with E-state index in [1.54, 1.807) is 0 Å². The van der Waals surface area contributed by atoms with Gasteiger partial charge in [-0.1, -0.05) is 147 Å². The molecule has 7 aromatic rings. The molecule has 6 aromatic carbocycles. The van der Waals surface area contributed by atoms with Crippen molar-refractivity contribution in [2.45, 2.75) is 51.4 Å². The smallest absolute Gasteiger partial charge is 0.164 e. The van der Waals surface area contributed by atoms with E-state index in [2.05, 4.69) is 117 Å². The largest absolute Gasteiger partial charge is 0.208 e. The summed E-state index contributed by atoms with van der Waals surface area (Å²) in [6.45, 7) is 4.88. The zero-order valence-electron chi connectivity index (χ0n) is 31.5. The standard InChI is InChI=1S/C51H44N4/c1-34-25-36-26-35(2)31-51(30-34,32-36)44-23-21-39(22-24-44)46-29-43(28-45(47(46)33-52)38-15-8-4-9-16-38)50-54-48(40-17-10-5-11-18-40)53-49(55-50)42-20-12-19-41(27-42)37-13-6-3-7-14-37/h3-24,27-29,34-36H,25-26,30-32H2,1-2H3/t34-,35+,36-,51?. The van der Waals surface area contributed by atoms with Gasteiger partial charge in [-0.05, 0) is 101 Å². The molecule has 2 saturated carbocycles. The maximum atomic E-state index is 10.8. The van der Waals surface area contributed by atoms with E-state index in [9.17, 15) is 5.26 Å². The first-order valence-corrected chi connectivity index (χ1v) is 19.7. The van der Waals surface area contributed by atoms with Gasteiger partial charge in [0.1, 0.15) is 6.07 Å². The molecule has 1 heterocycles. The molecule has 268 valence electrons. The fourth-order valence-corrected chi connectivity index (χ4v) is 9.84. The highest BCUT2D eigenvalue weighted by atomic mass is 15.0. The highest BCUT2D eigenvalue weighted by Crippen LogP contribution is 2.54. The SMILES string of the molecule is C[C@@H]1C[C@@H]2C[C@H](C)CC(c3ccc(-c4cc(-c5nc(-c6ccccc6)nc(-c6cccc(-c7ccccc7)c6)n5)cc(-c5ccccc5)c4C#N)cc3)(C1)C2. The summed E-state index contributed by atoms with van der Waals surface area (Å²) >= 11 is 0. The summed E-state index contributed by atoms with van der Waals surface area (Å²) in [5.74, 6) is 4.06. The molecule has 2 bridgehead atoms. The van der Waals surface area contributed by atoms with Crippen LogP contribution in [0.1, 0.15) is 57.1 Å². The van der Waals surface area contributed by atoms with Crippen molar-refractivity contribution in [3.8, 4) is 73.6 Å². The number of nitriles is 1. The summed E-state index contributed by atoms with van der Waals surface area (Å²) in [5, 5.41) is 10.8. The van der Waals surface area contributed by atoms with Gasteiger partial charge in [0, 0.05) is 27.8 Å². The average molecular weight is 713 g/mol.